The van der Waals surface area contributed by atoms with Crippen LogP contribution in [0.4, 0.5) is 5.82 Å². The Morgan fingerprint density at radius 2 is 2.04 bits per heavy atom. The maximum Gasteiger partial charge on any atom is 0.270 e. The molecule has 0 saturated carbocycles. The van der Waals surface area contributed by atoms with Crippen LogP contribution < -0.4 is 10.6 Å². The third kappa shape index (κ3) is 5.38. The van der Waals surface area contributed by atoms with Gasteiger partial charge in [-0.2, -0.15) is 0 Å². The molecule has 2 aromatic rings. The van der Waals surface area contributed by atoms with E-state index in [1.54, 1.807) is 18.5 Å². The van der Waals surface area contributed by atoms with Crippen molar-refractivity contribution < 1.29 is 4.79 Å². The third-order valence-corrected chi connectivity index (χ3v) is 4.24. The second-order valence-electron chi connectivity index (χ2n) is 6.11. The van der Waals surface area contributed by atoms with Crippen molar-refractivity contribution in [2.75, 3.05) is 11.9 Å². The summed E-state index contributed by atoms with van der Waals surface area (Å²) in [6, 6.07) is 5.43. The van der Waals surface area contributed by atoms with Gasteiger partial charge in [0.1, 0.15) is 17.8 Å². The van der Waals surface area contributed by atoms with Gasteiger partial charge in [-0.1, -0.05) is 11.6 Å². The molecule has 0 radical (unpaired) electrons. The first-order valence-electron chi connectivity index (χ1n) is 8.72. The Bertz CT molecular complexity index is 730. The molecule has 0 aromatic carbocycles. The van der Waals surface area contributed by atoms with Crippen molar-refractivity contribution in [3.63, 3.8) is 0 Å². The van der Waals surface area contributed by atoms with Gasteiger partial charge in [0.15, 0.2) is 0 Å². The summed E-state index contributed by atoms with van der Waals surface area (Å²) in [6.07, 6.45) is 13.2. The number of aromatic nitrogens is 3. The van der Waals surface area contributed by atoms with Crippen molar-refractivity contribution in [1.29, 1.82) is 0 Å². The van der Waals surface area contributed by atoms with Crippen LogP contribution >= 0.6 is 0 Å². The zero-order valence-corrected chi connectivity index (χ0v) is 14.2. The number of carbonyl (C=O) groups is 1. The average Bonchev–Trinajstić information content (AvgIpc) is 2.68. The monoisotopic (exact) mass is 337 g/mol. The summed E-state index contributed by atoms with van der Waals surface area (Å²) in [5.41, 5.74) is 2.88. The van der Waals surface area contributed by atoms with E-state index < -0.39 is 0 Å². The molecule has 2 heterocycles. The first-order valence-corrected chi connectivity index (χ1v) is 8.72. The molecule has 1 aliphatic carbocycles. The fraction of sp³-hybridized carbons (Fsp3) is 0.368. The number of pyridine rings is 1. The van der Waals surface area contributed by atoms with E-state index in [1.807, 2.05) is 12.1 Å². The third-order valence-electron chi connectivity index (χ3n) is 4.24. The van der Waals surface area contributed by atoms with Crippen LogP contribution in [-0.4, -0.2) is 27.4 Å². The zero-order chi connectivity index (χ0) is 17.3. The van der Waals surface area contributed by atoms with Crippen molar-refractivity contribution >= 4 is 11.7 Å². The largest absolute Gasteiger partial charge is 0.370 e. The molecule has 0 fully saturated rings. The van der Waals surface area contributed by atoms with E-state index in [1.165, 1.54) is 37.6 Å². The van der Waals surface area contributed by atoms with Gasteiger partial charge in [0, 0.05) is 31.5 Å². The average molecular weight is 337 g/mol. The van der Waals surface area contributed by atoms with Crippen LogP contribution in [-0.2, 0) is 6.54 Å². The fourth-order valence-electron chi connectivity index (χ4n) is 2.83. The molecule has 2 aromatic heterocycles. The van der Waals surface area contributed by atoms with Crippen molar-refractivity contribution in [2.24, 2.45) is 0 Å². The Labute approximate surface area is 147 Å². The maximum atomic E-state index is 12.2. The van der Waals surface area contributed by atoms with E-state index >= 15 is 0 Å². The highest BCUT2D eigenvalue weighted by molar-refractivity contribution is 5.92. The number of amides is 1. The highest BCUT2D eigenvalue weighted by Gasteiger charge is 2.09. The lowest BCUT2D eigenvalue weighted by molar-refractivity contribution is 0.0946. The number of carbonyl (C=O) groups excluding carboxylic acids is 1. The Morgan fingerprint density at radius 1 is 1.16 bits per heavy atom. The highest BCUT2D eigenvalue weighted by atomic mass is 16.1. The van der Waals surface area contributed by atoms with Crippen LogP contribution in [0.3, 0.4) is 0 Å². The predicted octanol–water partition coefficient (Wildman–Crippen LogP) is 3.10. The molecule has 130 valence electrons. The fourth-order valence-corrected chi connectivity index (χ4v) is 2.83. The van der Waals surface area contributed by atoms with Crippen LogP contribution in [0.2, 0.25) is 0 Å². The molecule has 0 saturated heterocycles. The first-order chi connectivity index (χ1) is 12.3. The van der Waals surface area contributed by atoms with Gasteiger partial charge in [-0.3, -0.25) is 9.78 Å². The summed E-state index contributed by atoms with van der Waals surface area (Å²) in [6.45, 7) is 1.27. The predicted molar refractivity (Wildman–Crippen MR) is 97.1 cm³/mol. The van der Waals surface area contributed by atoms with Gasteiger partial charge in [-0.05, 0) is 49.8 Å². The number of hydrogen-bond donors (Lipinski definition) is 2. The van der Waals surface area contributed by atoms with Crippen LogP contribution in [0.25, 0.3) is 0 Å². The quantitative estimate of drug-likeness (QED) is 0.759. The van der Waals surface area contributed by atoms with Crippen molar-refractivity contribution in [3.05, 3.63) is 59.8 Å². The summed E-state index contributed by atoms with van der Waals surface area (Å²) in [4.78, 5) is 24.5. The molecular weight excluding hydrogens is 314 g/mol. The molecule has 3 rings (SSSR count). The van der Waals surface area contributed by atoms with E-state index in [4.69, 9.17) is 0 Å². The summed E-state index contributed by atoms with van der Waals surface area (Å²) >= 11 is 0. The van der Waals surface area contributed by atoms with Gasteiger partial charge in [0.2, 0.25) is 0 Å². The molecule has 0 bridgehead atoms. The van der Waals surface area contributed by atoms with Gasteiger partial charge >= 0.3 is 0 Å². The molecule has 1 aliphatic rings. The normalized spacial score (nSPS) is 13.8. The van der Waals surface area contributed by atoms with Crippen LogP contribution in [0.15, 0.2) is 48.6 Å². The summed E-state index contributed by atoms with van der Waals surface area (Å²) < 4.78 is 0. The van der Waals surface area contributed by atoms with Gasteiger partial charge < -0.3 is 10.6 Å². The van der Waals surface area contributed by atoms with E-state index in [0.717, 1.165) is 18.5 Å². The molecule has 0 unspecified atom stereocenters. The molecule has 0 atom stereocenters. The van der Waals surface area contributed by atoms with Crippen molar-refractivity contribution in [1.82, 2.24) is 20.3 Å². The number of allylic oxidation sites excluding steroid dienone is 1. The Balaban J connectivity index is 1.50. The van der Waals surface area contributed by atoms with Gasteiger partial charge in [0.05, 0.1) is 0 Å². The number of nitrogens with zero attached hydrogens (tertiary/aromatic N) is 3. The topological polar surface area (TPSA) is 79.8 Å². The van der Waals surface area contributed by atoms with Crippen molar-refractivity contribution in [2.45, 2.75) is 38.6 Å². The highest BCUT2D eigenvalue weighted by Crippen LogP contribution is 2.19. The maximum absolute atomic E-state index is 12.2. The minimum Gasteiger partial charge on any atom is -0.370 e. The Morgan fingerprint density at radius 3 is 2.84 bits per heavy atom. The Hall–Kier alpha value is -2.76. The van der Waals surface area contributed by atoms with E-state index in [9.17, 15) is 4.79 Å². The smallest absolute Gasteiger partial charge is 0.270 e. The molecule has 6 heteroatoms. The first kappa shape index (κ1) is 17.1. The number of rotatable bonds is 7. The molecule has 25 heavy (non-hydrogen) atoms. The van der Waals surface area contributed by atoms with Gasteiger partial charge in [-0.25, -0.2) is 9.97 Å². The van der Waals surface area contributed by atoms with E-state index in [2.05, 4.69) is 31.7 Å². The van der Waals surface area contributed by atoms with Gasteiger partial charge in [0.25, 0.3) is 5.91 Å². The zero-order valence-electron chi connectivity index (χ0n) is 14.2. The molecule has 1 amide bonds. The van der Waals surface area contributed by atoms with E-state index in [0.29, 0.717) is 18.1 Å². The van der Waals surface area contributed by atoms with Crippen molar-refractivity contribution in [3.8, 4) is 0 Å². The van der Waals surface area contributed by atoms with Crippen LogP contribution in [0.5, 0.6) is 0 Å². The standard InChI is InChI=1S/C19H23N5O/c25-19(22-13-16-6-9-20-10-7-16)17-12-18(24-14-23-17)21-11-8-15-4-2-1-3-5-15/h4,6-7,9-10,12,14H,1-3,5,8,11,13H2,(H,22,25)(H,21,23,24). The summed E-state index contributed by atoms with van der Waals surface area (Å²) in [7, 11) is 0. The summed E-state index contributed by atoms with van der Waals surface area (Å²) in [5, 5.41) is 6.14. The lowest BCUT2D eigenvalue weighted by Crippen LogP contribution is -2.24. The minimum atomic E-state index is -0.211. The molecule has 0 aliphatic heterocycles. The lowest BCUT2D eigenvalue weighted by Gasteiger charge is -2.13. The second-order valence-corrected chi connectivity index (χ2v) is 6.11. The van der Waals surface area contributed by atoms with Crippen LogP contribution in [0, 0.1) is 0 Å². The second kappa shape index (κ2) is 8.92. The van der Waals surface area contributed by atoms with Crippen LogP contribution in [0.1, 0.15) is 48.2 Å². The van der Waals surface area contributed by atoms with E-state index in [-0.39, 0.29) is 5.91 Å². The molecule has 6 nitrogen and oxygen atoms in total. The van der Waals surface area contributed by atoms with Gasteiger partial charge in [-0.15, -0.1) is 0 Å². The summed E-state index contributed by atoms with van der Waals surface area (Å²) in [5.74, 6) is 0.470. The minimum absolute atomic E-state index is 0.211. The lowest BCUT2D eigenvalue weighted by atomic mass is 9.97. The molecule has 2 N–H and O–H groups in total. The Kier molecular flexibility index (Phi) is 6.09. The number of nitrogens with one attached hydrogen (secondary N) is 2. The SMILES string of the molecule is O=C(NCc1ccncc1)c1cc(NCCC2=CCCCC2)ncn1. The number of hydrogen-bond acceptors (Lipinski definition) is 5. The number of anilines is 1. The molecule has 0 spiro atoms. The molecular formula is C19H23N5O.